The predicted molar refractivity (Wildman–Crippen MR) is 71.4 cm³/mol. The van der Waals surface area contributed by atoms with Crippen LogP contribution >= 0.6 is 15.9 Å². The molecule has 0 fully saturated rings. The Morgan fingerprint density at radius 3 is 2.69 bits per heavy atom. The Hall–Kier alpha value is -0.750. The van der Waals surface area contributed by atoms with Crippen LogP contribution in [0, 0.1) is 0 Å². The van der Waals surface area contributed by atoms with Gasteiger partial charge in [0, 0.05) is 17.3 Å². The average Bonchev–Trinajstić information content (AvgIpc) is 2.13. The van der Waals surface area contributed by atoms with Gasteiger partial charge < -0.3 is 11.1 Å². The van der Waals surface area contributed by atoms with Crippen molar-refractivity contribution in [2.45, 2.75) is 6.42 Å². The molecule has 0 unspecified atom stereocenters. The van der Waals surface area contributed by atoms with Crippen LogP contribution in [0.5, 0.6) is 0 Å². The van der Waals surface area contributed by atoms with E-state index < -0.39 is 9.84 Å². The predicted octanol–water partition coefficient (Wildman–Crippen LogP) is 1.88. The fraction of sp³-hybridized carbons (Fsp3) is 0.400. The average molecular weight is 307 g/mol. The van der Waals surface area contributed by atoms with Crippen LogP contribution in [-0.4, -0.2) is 27.0 Å². The lowest BCUT2D eigenvalue weighted by molar-refractivity contribution is 0.600. The largest absolute Gasteiger partial charge is 0.397 e. The second kappa shape index (κ2) is 5.54. The molecule has 1 aromatic rings. The summed E-state index contributed by atoms with van der Waals surface area (Å²) in [4.78, 5) is 0. The SMILES string of the molecule is CS(=O)(=O)CCCNc1ccc(Br)cc1N. The van der Waals surface area contributed by atoms with Crippen molar-refractivity contribution >= 4 is 37.1 Å². The number of nitrogens with one attached hydrogen (secondary N) is 1. The zero-order valence-electron chi connectivity index (χ0n) is 9.03. The Morgan fingerprint density at radius 2 is 2.12 bits per heavy atom. The number of halogens is 1. The van der Waals surface area contributed by atoms with Crippen molar-refractivity contribution < 1.29 is 8.42 Å². The van der Waals surface area contributed by atoms with E-state index in [9.17, 15) is 8.42 Å². The van der Waals surface area contributed by atoms with Crippen LogP contribution in [0.3, 0.4) is 0 Å². The van der Waals surface area contributed by atoms with Gasteiger partial charge in [0.2, 0.25) is 0 Å². The highest BCUT2D eigenvalue weighted by atomic mass is 79.9. The first-order valence-corrected chi connectivity index (χ1v) is 7.70. The van der Waals surface area contributed by atoms with E-state index in [-0.39, 0.29) is 5.75 Å². The summed E-state index contributed by atoms with van der Waals surface area (Å²) < 4.78 is 22.7. The normalized spacial score (nSPS) is 11.4. The Balaban J connectivity index is 2.43. The van der Waals surface area contributed by atoms with Crippen LogP contribution in [0.15, 0.2) is 22.7 Å². The van der Waals surface area contributed by atoms with Crippen molar-refractivity contribution in [2.75, 3.05) is 29.6 Å². The monoisotopic (exact) mass is 306 g/mol. The Morgan fingerprint density at radius 1 is 1.44 bits per heavy atom. The molecule has 0 spiro atoms. The summed E-state index contributed by atoms with van der Waals surface area (Å²) >= 11 is 3.32. The molecule has 0 aliphatic heterocycles. The minimum atomic E-state index is -2.87. The summed E-state index contributed by atoms with van der Waals surface area (Å²) in [6.45, 7) is 0.596. The van der Waals surface area contributed by atoms with Crippen LogP contribution in [0.2, 0.25) is 0 Å². The number of nitrogen functional groups attached to an aromatic ring is 1. The molecule has 6 heteroatoms. The van der Waals surface area contributed by atoms with Crippen LogP contribution in [0.4, 0.5) is 11.4 Å². The van der Waals surface area contributed by atoms with Gasteiger partial charge in [-0.05, 0) is 24.6 Å². The fourth-order valence-corrected chi connectivity index (χ4v) is 2.30. The summed E-state index contributed by atoms with van der Waals surface area (Å²) in [7, 11) is -2.87. The molecular weight excluding hydrogens is 292 g/mol. The summed E-state index contributed by atoms with van der Waals surface area (Å²) in [5, 5.41) is 3.10. The van der Waals surface area contributed by atoms with E-state index in [0.29, 0.717) is 18.7 Å². The number of hydrogen-bond donors (Lipinski definition) is 2. The second-order valence-electron chi connectivity index (χ2n) is 3.64. The molecule has 0 atom stereocenters. The van der Waals surface area contributed by atoms with Gasteiger partial charge in [0.1, 0.15) is 9.84 Å². The number of benzene rings is 1. The number of hydrogen-bond acceptors (Lipinski definition) is 4. The summed E-state index contributed by atoms with van der Waals surface area (Å²) in [6.07, 6.45) is 1.81. The molecule has 0 saturated heterocycles. The van der Waals surface area contributed by atoms with E-state index in [1.807, 2.05) is 12.1 Å². The van der Waals surface area contributed by atoms with Gasteiger partial charge in [0.05, 0.1) is 17.1 Å². The molecule has 1 aromatic carbocycles. The minimum Gasteiger partial charge on any atom is -0.397 e. The molecule has 0 bridgehead atoms. The fourth-order valence-electron chi connectivity index (χ4n) is 1.25. The summed E-state index contributed by atoms with van der Waals surface area (Å²) in [5.41, 5.74) is 7.26. The summed E-state index contributed by atoms with van der Waals surface area (Å²) in [6, 6.07) is 5.55. The van der Waals surface area contributed by atoms with E-state index in [4.69, 9.17) is 5.73 Å². The van der Waals surface area contributed by atoms with Crippen LogP contribution in [0.1, 0.15) is 6.42 Å². The van der Waals surface area contributed by atoms with E-state index in [2.05, 4.69) is 21.2 Å². The molecule has 0 amide bonds. The van der Waals surface area contributed by atoms with Gasteiger partial charge in [-0.3, -0.25) is 0 Å². The third-order valence-electron chi connectivity index (χ3n) is 2.02. The van der Waals surface area contributed by atoms with Crippen molar-refractivity contribution in [1.82, 2.24) is 0 Å². The molecule has 3 N–H and O–H groups in total. The van der Waals surface area contributed by atoms with Crippen molar-refractivity contribution in [3.05, 3.63) is 22.7 Å². The van der Waals surface area contributed by atoms with Crippen LogP contribution in [-0.2, 0) is 9.84 Å². The zero-order chi connectivity index (χ0) is 12.2. The van der Waals surface area contributed by atoms with E-state index in [1.54, 1.807) is 6.07 Å². The maximum atomic E-state index is 10.9. The number of sulfone groups is 1. The Labute approximate surface area is 104 Å². The minimum absolute atomic E-state index is 0.191. The lowest BCUT2D eigenvalue weighted by Gasteiger charge is -2.09. The van der Waals surface area contributed by atoms with Gasteiger partial charge in [0.15, 0.2) is 0 Å². The van der Waals surface area contributed by atoms with Crippen molar-refractivity contribution in [3.63, 3.8) is 0 Å². The molecule has 0 heterocycles. The smallest absolute Gasteiger partial charge is 0.147 e. The molecule has 4 nitrogen and oxygen atoms in total. The van der Waals surface area contributed by atoms with Gasteiger partial charge in [-0.2, -0.15) is 0 Å². The zero-order valence-corrected chi connectivity index (χ0v) is 11.4. The van der Waals surface area contributed by atoms with Crippen molar-refractivity contribution in [2.24, 2.45) is 0 Å². The third kappa shape index (κ3) is 4.85. The van der Waals surface area contributed by atoms with Gasteiger partial charge in [-0.1, -0.05) is 15.9 Å². The first kappa shape index (κ1) is 13.3. The molecule has 0 aliphatic carbocycles. The topological polar surface area (TPSA) is 72.2 Å². The standard InChI is InChI=1S/C10H15BrN2O2S/c1-16(14,15)6-2-5-13-10-4-3-8(11)7-9(10)12/h3-4,7,13H,2,5-6,12H2,1H3. The van der Waals surface area contributed by atoms with Gasteiger partial charge in [-0.25, -0.2) is 8.42 Å². The van der Waals surface area contributed by atoms with Gasteiger partial charge in [0.25, 0.3) is 0 Å². The Kier molecular flexibility index (Phi) is 4.61. The van der Waals surface area contributed by atoms with Crippen LogP contribution < -0.4 is 11.1 Å². The first-order valence-electron chi connectivity index (χ1n) is 4.85. The molecule has 16 heavy (non-hydrogen) atoms. The Bertz CT molecular complexity index is 460. The first-order chi connectivity index (χ1) is 7.38. The molecular formula is C10H15BrN2O2S. The molecule has 0 radical (unpaired) electrons. The lowest BCUT2D eigenvalue weighted by atomic mass is 10.2. The van der Waals surface area contributed by atoms with E-state index in [1.165, 1.54) is 6.26 Å². The van der Waals surface area contributed by atoms with Gasteiger partial charge in [-0.15, -0.1) is 0 Å². The summed E-state index contributed by atoms with van der Waals surface area (Å²) in [5.74, 6) is 0.191. The van der Waals surface area contributed by atoms with E-state index >= 15 is 0 Å². The maximum absolute atomic E-state index is 10.9. The van der Waals surface area contributed by atoms with Crippen molar-refractivity contribution in [1.29, 1.82) is 0 Å². The third-order valence-corrected chi connectivity index (χ3v) is 3.54. The highest BCUT2D eigenvalue weighted by molar-refractivity contribution is 9.10. The molecule has 1 rings (SSSR count). The number of nitrogens with two attached hydrogens (primary N) is 1. The molecule has 0 aliphatic rings. The lowest BCUT2D eigenvalue weighted by Crippen LogP contribution is -2.10. The number of anilines is 2. The van der Waals surface area contributed by atoms with Crippen LogP contribution in [0.25, 0.3) is 0 Å². The second-order valence-corrected chi connectivity index (χ2v) is 6.82. The highest BCUT2D eigenvalue weighted by Gasteiger charge is 2.02. The van der Waals surface area contributed by atoms with Gasteiger partial charge >= 0.3 is 0 Å². The van der Waals surface area contributed by atoms with E-state index in [0.717, 1.165) is 10.2 Å². The maximum Gasteiger partial charge on any atom is 0.147 e. The molecule has 0 saturated carbocycles. The highest BCUT2D eigenvalue weighted by Crippen LogP contribution is 2.22. The molecule has 0 aromatic heterocycles. The molecule has 90 valence electrons. The quantitative estimate of drug-likeness (QED) is 0.643. The van der Waals surface area contributed by atoms with Crippen molar-refractivity contribution in [3.8, 4) is 0 Å². The number of rotatable bonds is 5.